The molecule has 0 bridgehead atoms. The topological polar surface area (TPSA) is 15.3 Å². The zero-order valence-electron chi connectivity index (χ0n) is 12.7. The Morgan fingerprint density at radius 3 is 2.17 bits per heavy atom. The van der Waals surface area contributed by atoms with Crippen LogP contribution in [0.25, 0.3) is 0 Å². The largest absolute Gasteiger partial charge is 0.318 e. The van der Waals surface area contributed by atoms with Crippen LogP contribution in [0.2, 0.25) is 0 Å². The van der Waals surface area contributed by atoms with E-state index in [4.69, 9.17) is 0 Å². The van der Waals surface area contributed by atoms with Gasteiger partial charge in [0.1, 0.15) is 0 Å². The molecule has 0 amide bonds. The molecule has 1 aromatic rings. The van der Waals surface area contributed by atoms with Crippen molar-refractivity contribution < 1.29 is 0 Å². The zero-order valence-corrected chi connectivity index (χ0v) is 12.7. The van der Waals surface area contributed by atoms with Crippen molar-refractivity contribution in [1.29, 1.82) is 0 Å². The standard InChI is InChI=1S/C16H28N2/c1-13(18(6)12-11-17-5)14-7-9-15(10-8-14)16(2,3)4/h7-10,13,17H,11-12H2,1-6H3. The SMILES string of the molecule is CNCCN(C)C(C)c1ccc(C(C)(C)C)cc1. The predicted octanol–water partition coefficient (Wildman–Crippen LogP) is 3.20. The van der Waals surface area contributed by atoms with Crippen molar-refractivity contribution >= 4 is 0 Å². The van der Waals surface area contributed by atoms with Gasteiger partial charge in [0.2, 0.25) is 0 Å². The van der Waals surface area contributed by atoms with Gasteiger partial charge in [0.15, 0.2) is 0 Å². The normalized spacial score (nSPS) is 13.9. The summed E-state index contributed by atoms with van der Waals surface area (Å²) in [6.45, 7) is 11.1. The highest BCUT2D eigenvalue weighted by Crippen LogP contribution is 2.25. The molecule has 2 heteroatoms. The minimum absolute atomic E-state index is 0.236. The van der Waals surface area contributed by atoms with E-state index in [1.165, 1.54) is 11.1 Å². The highest BCUT2D eigenvalue weighted by molar-refractivity contribution is 5.29. The van der Waals surface area contributed by atoms with Crippen LogP contribution in [0, 0.1) is 0 Å². The third-order valence-corrected chi connectivity index (χ3v) is 3.63. The summed E-state index contributed by atoms with van der Waals surface area (Å²) in [5.74, 6) is 0. The predicted molar refractivity (Wildman–Crippen MR) is 80.1 cm³/mol. The van der Waals surface area contributed by atoms with E-state index in [2.05, 4.69) is 69.2 Å². The molecule has 2 nitrogen and oxygen atoms in total. The van der Waals surface area contributed by atoms with Crippen molar-refractivity contribution in [2.45, 2.75) is 39.2 Å². The molecule has 1 unspecified atom stereocenters. The molecule has 1 aromatic carbocycles. The first-order valence-corrected chi connectivity index (χ1v) is 6.81. The molecule has 1 rings (SSSR count). The Bertz CT molecular complexity index is 348. The summed E-state index contributed by atoms with van der Waals surface area (Å²) in [5, 5.41) is 3.19. The van der Waals surface area contributed by atoms with Crippen molar-refractivity contribution in [3.8, 4) is 0 Å². The molecule has 18 heavy (non-hydrogen) atoms. The molecule has 0 saturated heterocycles. The van der Waals surface area contributed by atoms with E-state index in [-0.39, 0.29) is 5.41 Å². The third-order valence-electron chi connectivity index (χ3n) is 3.63. The Morgan fingerprint density at radius 1 is 1.17 bits per heavy atom. The van der Waals surface area contributed by atoms with E-state index in [0.29, 0.717) is 6.04 Å². The minimum atomic E-state index is 0.236. The molecule has 0 saturated carbocycles. The fraction of sp³-hybridized carbons (Fsp3) is 0.625. The summed E-state index contributed by atoms with van der Waals surface area (Å²) >= 11 is 0. The second-order valence-corrected chi connectivity index (χ2v) is 6.13. The summed E-state index contributed by atoms with van der Waals surface area (Å²) in [4.78, 5) is 2.38. The van der Waals surface area contributed by atoms with Crippen LogP contribution >= 0.6 is 0 Å². The molecule has 0 spiro atoms. The molecule has 1 atom stereocenters. The van der Waals surface area contributed by atoms with E-state index in [0.717, 1.165) is 13.1 Å². The van der Waals surface area contributed by atoms with Gasteiger partial charge in [-0.25, -0.2) is 0 Å². The number of nitrogens with one attached hydrogen (secondary N) is 1. The maximum atomic E-state index is 3.19. The van der Waals surface area contributed by atoms with Gasteiger partial charge in [0.05, 0.1) is 0 Å². The average Bonchev–Trinajstić information content (AvgIpc) is 2.34. The van der Waals surface area contributed by atoms with E-state index in [1.54, 1.807) is 0 Å². The number of hydrogen-bond acceptors (Lipinski definition) is 2. The first kappa shape index (κ1) is 15.2. The lowest BCUT2D eigenvalue weighted by atomic mass is 9.86. The van der Waals surface area contributed by atoms with Crippen molar-refractivity contribution in [3.63, 3.8) is 0 Å². The van der Waals surface area contributed by atoms with Crippen molar-refractivity contribution in [1.82, 2.24) is 10.2 Å². The van der Waals surface area contributed by atoms with Gasteiger partial charge in [0.25, 0.3) is 0 Å². The van der Waals surface area contributed by atoms with Gasteiger partial charge in [0, 0.05) is 19.1 Å². The lowest BCUT2D eigenvalue weighted by molar-refractivity contribution is 0.263. The maximum Gasteiger partial charge on any atom is 0.0317 e. The average molecular weight is 248 g/mol. The Kier molecular flexibility index (Phi) is 5.36. The van der Waals surface area contributed by atoms with Crippen molar-refractivity contribution in [2.75, 3.05) is 27.2 Å². The molecule has 0 fully saturated rings. The number of hydrogen-bond donors (Lipinski definition) is 1. The number of rotatable bonds is 5. The number of likely N-dealkylation sites (N-methyl/N-ethyl adjacent to an activating group) is 2. The second kappa shape index (κ2) is 6.35. The fourth-order valence-corrected chi connectivity index (χ4v) is 2.00. The van der Waals surface area contributed by atoms with Crippen LogP contribution in [0.5, 0.6) is 0 Å². The molecule has 0 aliphatic carbocycles. The summed E-state index contributed by atoms with van der Waals surface area (Å²) in [6, 6.07) is 9.52. The van der Waals surface area contributed by atoms with Gasteiger partial charge in [-0.1, -0.05) is 45.0 Å². The molecule has 0 aliphatic heterocycles. The summed E-state index contributed by atoms with van der Waals surface area (Å²) < 4.78 is 0. The molecular formula is C16H28N2. The number of nitrogens with zero attached hydrogens (tertiary/aromatic N) is 1. The van der Waals surface area contributed by atoms with Crippen molar-refractivity contribution in [3.05, 3.63) is 35.4 Å². The Morgan fingerprint density at radius 2 is 1.72 bits per heavy atom. The summed E-state index contributed by atoms with van der Waals surface area (Å²) in [7, 11) is 4.18. The van der Waals surface area contributed by atoms with Crippen LogP contribution < -0.4 is 5.32 Å². The van der Waals surface area contributed by atoms with E-state index < -0.39 is 0 Å². The van der Waals surface area contributed by atoms with E-state index >= 15 is 0 Å². The van der Waals surface area contributed by atoms with Gasteiger partial charge < -0.3 is 5.32 Å². The molecule has 0 aromatic heterocycles. The van der Waals surface area contributed by atoms with Crippen LogP contribution in [0.3, 0.4) is 0 Å². The number of benzene rings is 1. The Hall–Kier alpha value is -0.860. The highest BCUT2D eigenvalue weighted by atomic mass is 15.1. The Balaban J connectivity index is 2.72. The maximum absolute atomic E-state index is 3.19. The monoisotopic (exact) mass is 248 g/mol. The smallest absolute Gasteiger partial charge is 0.0317 e. The molecule has 0 heterocycles. The van der Waals surface area contributed by atoms with Crippen LogP contribution in [0.4, 0.5) is 0 Å². The molecular weight excluding hydrogens is 220 g/mol. The van der Waals surface area contributed by atoms with Crippen molar-refractivity contribution in [2.24, 2.45) is 0 Å². The van der Waals surface area contributed by atoms with Gasteiger partial charge >= 0.3 is 0 Å². The molecule has 1 N–H and O–H groups in total. The lowest BCUT2D eigenvalue weighted by Crippen LogP contribution is -2.29. The van der Waals surface area contributed by atoms with Gasteiger partial charge in [-0.2, -0.15) is 0 Å². The Labute approximate surface area is 112 Å². The minimum Gasteiger partial charge on any atom is -0.318 e. The lowest BCUT2D eigenvalue weighted by Gasteiger charge is -2.26. The van der Waals surface area contributed by atoms with Gasteiger partial charge in [-0.05, 0) is 37.6 Å². The van der Waals surface area contributed by atoms with Crippen LogP contribution in [-0.2, 0) is 5.41 Å². The van der Waals surface area contributed by atoms with Crippen LogP contribution in [0.1, 0.15) is 44.9 Å². The molecule has 102 valence electrons. The first-order chi connectivity index (χ1) is 8.36. The van der Waals surface area contributed by atoms with Gasteiger partial charge in [-0.15, -0.1) is 0 Å². The van der Waals surface area contributed by atoms with Crippen LogP contribution in [-0.4, -0.2) is 32.1 Å². The first-order valence-electron chi connectivity index (χ1n) is 6.81. The van der Waals surface area contributed by atoms with E-state index in [1.807, 2.05) is 7.05 Å². The second-order valence-electron chi connectivity index (χ2n) is 6.13. The van der Waals surface area contributed by atoms with E-state index in [9.17, 15) is 0 Å². The van der Waals surface area contributed by atoms with Crippen LogP contribution in [0.15, 0.2) is 24.3 Å². The fourth-order valence-electron chi connectivity index (χ4n) is 2.00. The van der Waals surface area contributed by atoms with Gasteiger partial charge in [-0.3, -0.25) is 4.90 Å². The summed E-state index contributed by atoms with van der Waals surface area (Å²) in [5.41, 5.74) is 3.03. The quantitative estimate of drug-likeness (QED) is 0.861. The molecule has 0 radical (unpaired) electrons. The third kappa shape index (κ3) is 4.11. The zero-order chi connectivity index (χ0) is 13.8. The highest BCUT2D eigenvalue weighted by Gasteiger charge is 2.15. The summed E-state index contributed by atoms with van der Waals surface area (Å²) in [6.07, 6.45) is 0. The molecule has 0 aliphatic rings.